The van der Waals surface area contributed by atoms with Gasteiger partial charge in [0, 0.05) is 26.3 Å². The van der Waals surface area contributed by atoms with E-state index in [1.54, 1.807) is 12.1 Å². The smallest absolute Gasteiger partial charge is 0.191 e. The minimum Gasteiger partial charge on any atom is -0.382 e. The Kier molecular flexibility index (Phi) is 12.3. The lowest BCUT2D eigenvalue weighted by Gasteiger charge is -2.11. The van der Waals surface area contributed by atoms with Crippen LogP contribution < -0.4 is 10.6 Å². The van der Waals surface area contributed by atoms with Gasteiger partial charge < -0.3 is 15.4 Å². The van der Waals surface area contributed by atoms with Gasteiger partial charge in [0.2, 0.25) is 0 Å². The van der Waals surface area contributed by atoms with Crippen molar-refractivity contribution in [3.8, 4) is 0 Å². The second-order valence-electron chi connectivity index (χ2n) is 4.30. The SMILES string of the molecule is CCNC(=NCc1ccc(F)cc1)NCCCOCC.I. The Balaban J connectivity index is 0.00000400. The van der Waals surface area contributed by atoms with Crippen molar-refractivity contribution in [2.45, 2.75) is 26.8 Å². The molecule has 0 amide bonds. The van der Waals surface area contributed by atoms with E-state index >= 15 is 0 Å². The topological polar surface area (TPSA) is 45.7 Å². The van der Waals surface area contributed by atoms with Gasteiger partial charge >= 0.3 is 0 Å². The molecule has 4 nitrogen and oxygen atoms in total. The number of rotatable bonds is 8. The average Bonchev–Trinajstić information content (AvgIpc) is 2.46. The van der Waals surface area contributed by atoms with Crippen LogP contribution in [0.4, 0.5) is 4.39 Å². The molecule has 0 fully saturated rings. The van der Waals surface area contributed by atoms with Gasteiger partial charge in [-0.3, -0.25) is 0 Å². The van der Waals surface area contributed by atoms with Gasteiger partial charge in [-0.1, -0.05) is 12.1 Å². The first-order valence-electron chi connectivity index (χ1n) is 7.10. The quantitative estimate of drug-likeness (QED) is 0.301. The Morgan fingerprint density at radius 1 is 1.19 bits per heavy atom. The van der Waals surface area contributed by atoms with E-state index < -0.39 is 0 Å². The lowest BCUT2D eigenvalue weighted by atomic mass is 10.2. The summed E-state index contributed by atoms with van der Waals surface area (Å²) in [5, 5.41) is 6.43. The molecule has 1 aromatic rings. The highest BCUT2D eigenvalue weighted by Crippen LogP contribution is 2.03. The fourth-order valence-electron chi connectivity index (χ4n) is 1.63. The molecule has 21 heavy (non-hydrogen) atoms. The summed E-state index contributed by atoms with van der Waals surface area (Å²) < 4.78 is 18.1. The number of nitrogens with zero attached hydrogens (tertiary/aromatic N) is 1. The number of halogens is 2. The van der Waals surface area contributed by atoms with Crippen LogP contribution in [0.1, 0.15) is 25.8 Å². The molecule has 0 radical (unpaired) electrons. The van der Waals surface area contributed by atoms with Gasteiger partial charge in [-0.15, -0.1) is 24.0 Å². The molecule has 1 aromatic carbocycles. The van der Waals surface area contributed by atoms with E-state index in [-0.39, 0.29) is 29.8 Å². The molecule has 6 heteroatoms. The third-order valence-electron chi connectivity index (χ3n) is 2.64. The molecule has 2 N–H and O–H groups in total. The number of nitrogens with one attached hydrogen (secondary N) is 2. The molecule has 0 saturated carbocycles. The molecule has 0 aromatic heterocycles. The van der Waals surface area contributed by atoms with Gasteiger partial charge in [0.15, 0.2) is 5.96 Å². The van der Waals surface area contributed by atoms with Crippen LogP contribution >= 0.6 is 24.0 Å². The molecular weight excluding hydrogens is 384 g/mol. The molecule has 1 rings (SSSR count). The molecule has 0 aliphatic heterocycles. The lowest BCUT2D eigenvalue weighted by molar-refractivity contribution is 0.145. The Labute approximate surface area is 143 Å². The van der Waals surface area contributed by atoms with Crippen molar-refractivity contribution in [1.82, 2.24) is 10.6 Å². The van der Waals surface area contributed by atoms with Crippen molar-refractivity contribution in [3.63, 3.8) is 0 Å². The summed E-state index contributed by atoms with van der Waals surface area (Å²) in [6.45, 7) is 7.66. The van der Waals surface area contributed by atoms with E-state index in [1.807, 2.05) is 13.8 Å². The second kappa shape index (κ2) is 12.8. The molecule has 0 unspecified atom stereocenters. The zero-order valence-electron chi connectivity index (χ0n) is 12.7. The lowest BCUT2D eigenvalue weighted by Crippen LogP contribution is -2.38. The van der Waals surface area contributed by atoms with Gasteiger partial charge in [0.05, 0.1) is 6.54 Å². The first kappa shape index (κ1) is 20.1. The fraction of sp³-hybridized carbons (Fsp3) is 0.533. The van der Waals surface area contributed by atoms with Crippen molar-refractivity contribution in [1.29, 1.82) is 0 Å². The van der Waals surface area contributed by atoms with Crippen molar-refractivity contribution in [2.24, 2.45) is 4.99 Å². The summed E-state index contributed by atoms with van der Waals surface area (Å²) in [7, 11) is 0. The zero-order valence-corrected chi connectivity index (χ0v) is 15.0. The first-order valence-corrected chi connectivity index (χ1v) is 7.10. The van der Waals surface area contributed by atoms with Crippen LogP contribution in [0.5, 0.6) is 0 Å². The Hall–Kier alpha value is -0.890. The van der Waals surface area contributed by atoms with Crippen LogP contribution in [-0.2, 0) is 11.3 Å². The summed E-state index contributed by atoms with van der Waals surface area (Å²) in [6, 6.07) is 6.40. The predicted molar refractivity (Wildman–Crippen MR) is 95.7 cm³/mol. The maximum Gasteiger partial charge on any atom is 0.191 e. The number of benzene rings is 1. The normalized spacial score (nSPS) is 10.9. The summed E-state index contributed by atoms with van der Waals surface area (Å²) in [4.78, 5) is 4.46. The molecule has 0 aliphatic rings. The van der Waals surface area contributed by atoms with Crippen molar-refractivity contribution in [2.75, 3.05) is 26.3 Å². The number of hydrogen-bond donors (Lipinski definition) is 2. The largest absolute Gasteiger partial charge is 0.382 e. The van der Waals surface area contributed by atoms with Crippen LogP contribution in [-0.4, -0.2) is 32.3 Å². The van der Waals surface area contributed by atoms with Crippen LogP contribution in [0.2, 0.25) is 0 Å². The highest BCUT2D eigenvalue weighted by molar-refractivity contribution is 14.0. The molecule has 0 atom stereocenters. The summed E-state index contributed by atoms with van der Waals surface area (Å²) in [5.41, 5.74) is 0.984. The fourth-order valence-corrected chi connectivity index (χ4v) is 1.63. The number of guanidine groups is 1. The highest BCUT2D eigenvalue weighted by Gasteiger charge is 1.98. The Morgan fingerprint density at radius 3 is 2.52 bits per heavy atom. The van der Waals surface area contributed by atoms with E-state index in [0.717, 1.165) is 44.2 Å². The van der Waals surface area contributed by atoms with Gasteiger partial charge in [-0.2, -0.15) is 0 Å². The average molecular weight is 409 g/mol. The predicted octanol–water partition coefficient (Wildman–Crippen LogP) is 2.93. The Morgan fingerprint density at radius 2 is 1.90 bits per heavy atom. The van der Waals surface area contributed by atoms with Gasteiger partial charge in [0.25, 0.3) is 0 Å². The van der Waals surface area contributed by atoms with E-state index in [9.17, 15) is 4.39 Å². The van der Waals surface area contributed by atoms with Crippen LogP contribution in [0.3, 0.4) is 0 Å². The maximum absolute atomic E-state index is 12.8. The third kappa shape index (κ3) is 9.62. The minimum atomic E-state index is -0.223. The zero-order chi connectivity index (χ0) is 14.6. The molecule has 0 bridgehead atoms. The van der Waals surface area contributed by atoms with Crippen molar-refractivity contribution in [3.05, 3.63) is 35.6 Å². The Bertz CT molecular complexity index is 398. The molecule has 0 spiro atoms. The molecule has 0 heterocycles. The highest BCUT2D eigenvalue weighted by atomic mass is 127. The molecular formula is C15H25FIN3O. The monoisotopic (exact) mass is 409 g/mol. The number of hydrogen-bond acceptors (Lipinski definition) is 2. The molecule has 120 valence electrons. The summed E-state index contributed by atoms with van der Waals surface area (Å²) in [6.07, 6.45) is 0.939. The standard InChI is InChI=1S/C15H24FN3O.HI/c1-3-17-15(18-10-5-11-20-4-2)19-12-13-6-8-14(16)9-7-13;/h6-9H,3-5,10-12H2,1-2H3,(H2,17,18,19);1H. The van der Waals surface area contributed by atoms with Gasteiger partial charge in [-0.05, 0) is 38.0 Å². The van der Waals surface area contributed by atoms with Crippen LogP contribution in [0.15, 0.2) is 29.3 Å². The maximum atomic E-state index is 12.8. The van der Waals surface area contributed by atoms with E-state index in [0.29, 0.717) is 6.54 Å². The van der Waals surface area contributed by atoms with Crippen LogP contribution in [0.25, 0.3) is 0 Å². The van der Waals surface area contributed by atoms with Crippen molar-refractivity contribution >= 4 is 29.9 Å². The first-order chi connectivity index (χ1) is 9.76. The van der Waals surface area contributed by atoms with Crippen molar-refractivity contribution < 1.29 is 9.13 Å². The van der Waals surface area contributed by atoms with E-state index in [1.165, 1.54) is 12.1 Å². The summed E-state index contributed by atoms with van der Waals surface area (Å²) >= 11 is 0. The second-order valence-corrected chi connectivity index (χ2v) is 4.30. The van der Waals surface area contributed by atoms with Gasteiger partial charge in [0.1, 0.15) is 5.82 Å². The molecule has 0 saturated heterocycles. The van der Waals surface area contributed by atoms with E-state index in [2.05, 4.69) is 15.6 Å². The molecule has 0 aliphatic carbocycles. The van der Waals surface area contributed by atoms with E-state index in [4.69, 9.17) is 4.74 Å². The number of aliphatic imine (C=N–C) groups is 1. The van der Waals surface area contributed by atoms with Gasteiger partial charge in [-0.25, -0.2) is 9.38 Å². The minimum absolute atomic E-state index is 0. The number of ether oxygens (including phenoxy) is 1. The van der Waals surface area contributed by atoms with Crippen LogP contribution in [0, 0.1) is 5.82 Å². The summed E-state index contributed by atoms with van der Waals surface area (Å²) in [5.74, 6) is 0.548. The third-order valence-corrected chi connectivity index (χ3v) is 2.64.